The molecular weight excluding hydrogens is 593 g/mol. The molecule has 1 unspecified atom stereocenters. The van der Waals surface area contributed by atoms with Crippen molar-refractivity contribution in [2.45, 2.75) is 116 Å². The Bertz CT molecular complexity index is 1290. The summed E-state index contributed by atoms with van der Waals surface area (Å²) in [6.07, 6.45) is 2.58. The van der Waals surface area contributed by atoms with Crippen LogP contribution in [0.1, 0.15) is 86.1 Å². The van der Waals surface area contributed by atoms with E-state index in [4.69, 9.17) is 14.0 Å². The fourth-order valence-electron chi connectivity index (χ4n) is 6.30. The van der Waals surface area contributed by atoms with Crippen molar-refractivity contribution in [3.8, 4) is 11.1 Å². The van der Waals surface area contributed by atoms with Crippen molar-refractivity contribution in [2.24, 2.45) is 0 Å². The number of alkyl carbamates (subject to hydrolysis) is 1. The van der Waals surface area contributed by atoms with Crippen molar-refractivity contribution >= 4 is 19.2 Å². The third-order valence-electron chi connectivity index (χ3n) is 9.76. The Morgan fingerprint density at radius 1 is 0.830 bits per heavy atom. The van der Waals surface area contributed by atoms with Gasteiger partial charge in [-0.3, -0.25) is 4.90 Å². The molecule has 2 saturated heterocycles. The molecule has 0 radical (unpaired) electrons. The van der Waals surface area contributed by atoms with Crippen molar-refractivity contribution in [1.82, 2.24) is 15.1 Å². The van der Waals surface area contributed by atoms with Gasteiger partial charge in [0.05, 0.1) is 11.2 Å². The van der Waals surface area contributed by atoms with E-state index in [0.717, 1.165) is 45.7 Å². The molecular formula is C37H56BN3O6. The molecule has 1 amide bonds. The highest BCUT2D eigenvalue weighted by Crippen LogP contribution is 2.38. The van der Waals surface area contributed by atoms with Gasteiger partial charge in [0, 0.05) is 32.7 Å². The number of piperazine rings is 1. The first kappa shape index (κ1) is 36.9. The molecule has 9 nitrogen and oxygen atoms in total. The average molecular weight is 650 g/mol. The highest BCUT2D eigenvalue weighted by Gasteiger charge is 2.50. The summed E-state index contributed by atoms with van der Waals surface area (Å²) in [6, 6.07) is 19.2. The summed E-state index contributed by atoms with van der Waals surface area (Å²) in [5.74, 6) is -1.03. The number of hydrogen-bond acceptors (Lipinski definition) is 7. The molecule has 2 N–H and O–H groups in total. The Labute approximate surface area is 282 Å². The Balaban J connectivity index is 1.27. The Hall–Kier alpha value is -2.92. The highest BCUT2D eigenvalue weighted by atomic mass is 16.7. The molecule has 0 spiro atoms. The smallest absolute Gasteiger partial charge is 0.457 e. The van der Waals surface area contributed by atoms with E-state index in [1.807, 2.05) is 33.8 Å². The summed E-state index contributed by atoms with van der Waals surface area (Å²) in [5, 5.41) is 13.3. The molecule has 1 atom stereocenters. The van der Waals surface area contributed by atoms with Gasteiger partial charge in [0.2, 0.25) is 0 Å². The number of rotatable bonds is 14. The highest BCUT2D eigenvalue weighted by molar-refractivity contribution is 6.45. The van der Waals surface area contributed by atoms with Gasteiger partial charge in [-0.2, -0.15) is 0 Å². The van der Waals surface area contributed by atoms with Gasteiger partial charge in [-0.05, 0) is 97.3 Å². The SMILES string of the molecule is CC(C)(C)OC(=O)NC(CCCCB1OC(C)(C)C(C)(C)O1)(CCCN1CCN(Cc2ccc(-c3ccccc3)cc2)CC1)C(=O)O. The predicted octanol–water partition coefficient (Wildman–Crippen LogP) is 6.86. The van der Waals surface area contributed by atoms with Crippen molar-refractivity contribution in [2.75, 3.05) is 32.7 Å². The molecule has 2 aromatic carbocycles. The van der Waals surface area contributed by atoms with Crippen LogP contribution in [0, 0.1) is 0 Å². The number of carbonyl (C=O) groups is 2. The van der Waals surface area contributed by atoms with Crippen LogP contribution < -0.4 is 5.32 Å². The molecule has 2 aliphatic rings. The van der Waals surface area contributed by atoms with E-state index in [1.165, 1.54) is 16.7 Å². The first-order valence-corrected chi connectivity index (χ1v) is 17.3. The third kappa shape index (κ3) is 10.5. The maximum atomic E-state index is 12.9. The molecule has 2 fully saturated rings. The van der Waals surface area contributed by atoms with Gasteiger partial charge in [-0.25, -0.2) is 9.59 Å². The van der Waals surface area contributed by atoms with E-state index in [1.54, 1.807) is 20.8 Å². The van der Waals surface area contributed by atoms with E-state index < -0.39 is 34.4 Å². The van der Waals surface area contributed by atoms with Crippen LogP contribution in [0.2, 0.25) is 6.32 Å². The maximum absolute atomic E-state index is 12.9. The van der Waals surface area contributed by atoms with Crippen LogP contribution in [-0.2, 0) is 25.4 Å². The number of amides is 1. The second-order valence-corrected chi connectivity index (χ2v) is 15.2. The van der Waals surface area contributed by atoms with Crippen LogP contribution in [-0.4, -0.2) is 89.2 Å². The van der Waals surface area contributed by atoms with Crippen LogP contribution >= 0.6 is 0 Å². The number of nitrogens with one attached hydrogen (secondary N) is 1. The van der Waals surface area contributed by atoms with Crippen molar-refractivity contribution < 1.29 is 28.7 Å². The average Bonchev–Trinajstić information content (AvgIpc) is 3.21. The summed E-state index contributed by atoms with van der Waals surface area (Å²) in [6.45, 7) is 18.9. The monoisotopic (exact) mass is 649 g/mol. The zero-order valence-electron chi connectivity index (χ0n) is 29.6. The van der Waals surface area contributed by atoms with Crippen LogP contribution in [0.15, 0.2) is 54.6 Å². The molecule has 0 saturated carbocycles. The summed E-state index contributed by atoms with van der Waals surface area (Å²) < 4.78 is 17.7. The normalized spacial score (nSPS) is 19.7. The molecule has 258 valence electrons. The summed E-state index contributed by atoms with van der Waals surface area (Å²) in [7, 11) is -0.328. The molecule has 2 heterocycles. The quantitative estimate of drug-likeness (QED) is 0.169. The van der Waals surface area contributed by atoms with E-state index in [0.29, 0.717) is 32.0 Å². The number of nitrogens with zero attached hydrogens (tertiary/aromatic N) is 2. The first-order valence-electron chi connectivity index (χ1n) is 17.3. The fourth-order valence-corrected chi connectivity index (χ4v) is 6.30. The number of ether oxygens (including phenoxy) is 1. The topological polar surface area (TPSA) is 101 Å². The van der Waals surface area contributed by atoms with Gasteiger partial charge >= 0.3 is 19.2 Å². The third-order valence-corrected chi connectivity index (χ3v) is 9.76. The van der Waals surface area contributed by atoms with Gasteiger partial charge in [-0.15, -0.1) is 0 Å². The summed E-state index contributed by atoms with van der Waals surface area (Å²) in [5.41, 5.74) is 0.808. The minimum atomic E-state index is -1.41. The lowest BCUT2D eigenvalue weighted by Crippen LogP contribution is -2.56. The number of hydrogen-bond donors (Lipinski definition) is 2. The van der Waals surface area contributed by atoms with Crippen molar-refractivity contribution in [3.05, 3.63) is 60.2 Å². The van der Waals surface area contributed by atoms with Gasteiger partial charge < -0.3 is 29.4 Å². The largest absolute Gasteiger partial charge is 0.480 e. The Kier molecular flexibility index (Phi) is 12.2. The predicted molar refractivity (Wildman–Crippen MR) is 187 cm³/mol. The lowest BCUT2D eigenvalue weighted by Gasteiger charge is -2.36. The zero-order valence-corrected chi connectivity index (χ0v) is 29.6. The van der Waals surface area contributed by atoms with Crippen LogP contribution in [0.5, 0.6) is 0 Å². The number of carbonyl (C=O) groups excluding carboxylic acids is 1. The van der Waals surface area contributed by atoms with Crippen LogP contribution in [0.4, 0.5) is 4.79 Å². The summed E-state index contributed by atoms with van der Waals surface area (Å²) >= 11 is 0. The molecule has 0 aromatic heterocycles. The van der Waals surface area contributed by atoms with Crippen LogP contribution in [0.25, 0.3) is 11.1 Å². The molecule has 47 heavy (non-hydrogen) atoms. The second-order valence-electron chi connectivity index (χ2n) is 15.2. The van der Waals surface area contributed by atoms with Gasteiger partial charge in [0.25, 0.3) is 0 Å². The van der Waals surface area contributed by atoms with Crippen molar-refractivity contribution in [1.29, 1.82) is 0 Å². The number of unbranched alkanes of at least 4 members (excludes halogenated alkanes) is 1. The number of carboxylic acids is 1. The Morgan fingerprint density at radius 2 is 1.38 bits per heavy atom. The standard InChI is InChI=1S/C37H56BN3O6/c1-34(2,3)45-33(44)39-37(32(42)43,20-11-12-22-38-46-35(4,5)36(6,7)47-38)21-13-23-40-24-26-41(27-25-40)28-29-16-18-31(19-17-29)30-14-9-8-10-15-30/h8-10,14-19H,11-13,20-28H2,1-7H3,(H,39,44)(H,42,43). The molecule has 2 aliphatic heterocycles. The fraction of sp³-hybridized carbons (Fsp3) is 0.622. The van der Waals surface area contributed by atoms with Gasteiger partial charge in [-0.1, -0.05) is 67.4 Å². The molecule has 10 heteroatoms. The zero-order chi connectivity index (χ0) is 34.3. The molecule has 4 rings (SSSR count). The van der Waals surface area contributed by atoms with Crippen molar-refractivity contribution in [3.63, 3.8) is 0 Å². The minimum Gasteiger partial charge on any atom is -0.480 e. The van der Waals surface area contributed by atoms with E-state index in [-0.39, 0.29) is 7.12 Å². The second kappa shape index (κ2) is 15.5. The first-order chi connectivity index (χ1) is 22.1. The summed E-state index contributed by atoms with van der Waals surface area (Å²) in [4.78, 5) is 30.5. The number of carboxylic acid groups (broad SMARTS) is 1. The van der Waals surface area contributed by atoms with Gasteiger partial charge in [0.15, 0.2) is 0 Å². The Morgan fingerprint density at radius 3 is 1.96 bits per heavy atom. The lowest BCUT2D eigenvalue weighted by atomic mass is 9.80. The molecule has 2 aromatic rings. The number of benzene rings is 2. The lowest BCUT2D eigenvalue weighted by molar-refractivity contribution is -0.145. The molecule has 0 bridgehead atoms. The van der Waals surface area contributed by atoms with Gasteiger partial charge in [0.1, 0.15) is 11.1 Å². The van der Waals surface area contributed by atoms with E-state index in [2.05, 4.69) is 63.6 Å². The number of aliphatic carboxylic acids is 1. The minimum absolute atomic E-state index is 0.303. The van der Waals surface area contributed by atoms with Crippen LogP contribution in [0.3, 0.4) is 0 Å². The maximum Gasteiger partial charge on any atom is 0.457 e. The molecule has 0 aliphatic carbocycles. The van der Waals surface area contributed by atoms with E-state index >= 15 is 0 Å². The van der Waals surface area contributed by atoms with E-state index in [9.17, 15) is 14.7 Å².